The number of thiophene rings is 1. The number of fused-ring (bicyclic) bond motifs is 1. The van der Waals surface area contributed by atoms with E-state index in [4.69, 9.17) is 0 Å². The van der Waals surface area contributed by atoms with Gasteiger partial charge in [-0.15, -0.1) is 23.1 Å². The molecule has 0 bridgehead atoms. The van der Waals surface area contributed by atoms with Crippen molar-refractivity contribution in [1.29, 1.82) is 0 Å². The number of aryl methyl sites for hydroxylation is 1. The van der Waals surface area contributed by atoms with Crippen LogP contribution in [0.1, 0.15) is 24.0 Å². The zero-order valence-electron chi connectivity index (χ0n) is 16.6. The predicted molar refractivity (Wildman–Crippen MR) is 118 cm³/mol. The largest absolute Gasteiger partial charge is 0.350 e. The molecule has 7 nitrogen and oxygen atoms in total. The smallest absolute Gasteiger partial charge is 0.252 e. The van der Waals surface area contributed by atoms with Crippen LogP contribution in [0.25, 0.3) is 0 Å². The van der Waals surface area contributed by atoms with Gasteiger partial charge in [-0.25, -0.2) is 8.42 Å². The van der Waals surface area contributed by atoms with E-state index in [2.05, 4.69) is 5.32 Å². The van der Waals surface area contributed by atoms with Gasteiger partial charge >= 0.3 is 0 Å². The van der Waals surface area contributed by atoms with Crippen molar-refractivity contribution < 1.29 is 18.0 Å². The van der Waals surface area contributed by atoms with Crippen molar-refractivity contribution in [2.24, 2.45) is 0 Å². The average Bonchev–Trinajstić information content (AvgIpc) is 3.40. The maximum absolute atomic E-state index is 12.9. The van der Waals surface area contributed by atoms with Crippen molar-refractivity contribution in [3.8, 4) is 0 Å². The summed E-state index contributed by atoms with van der Waals surface area (Å²) >= 11 is 2.51. The third-order valence-electron chi connectivity index (χ3n) is 5.27. The average molecular weight is 466 g/mol. The quantitative estimate of drug-likeness (QED) is 0.709. The third kappa shape index (κ3) is 4.27. The second-order valence-electron chi connectivity index (χ2n) is 7.32. The molecule has 0 saturated carbocycles. The zero-order valence-corrected chi connectivity index (χ0v) is 19.0. The second-order valence-corrected chi connectivity index (χ2v) is 11.8. The predicted octanol–water partition coefficient (Wildman–Crippen LogP) is 2.60. The molecule has 1 saturated heterocycles. The number of hydrogen-bond donors (Lipinski definition) is 1. The van der Waals surface area contributed by atoms with Crippen molar-refractivity contribution in [1.82, 2.24) is 9.62 Å². The van der Waals surface area contributed by atoms with Gasteiger partial charge in [-0.05, 0) is 37.0 Å². The van der Waals surface area contributed by atoms with Crippen LogP contribution in [-0.4, -0.2) is 49.9 Å². The molecule has 0 aliphatic carbocycles. The van der Waals surface area contributed by atoms with E-state index in [1.165, 1.54) is 32.3 Å². The number of nitrogens with one attached hydrogen (secondary N) is 1. The lowest BCUT2D eigenvalue weighted by Crippen LogP contribution is -2.42. The number of amides is 2. The Labute approximate surface area is 184 Å². The van der Waals surface area contributed by atoms with Crippen LogP contribution in [0.2, 0.25) is 0 Å². The van der Waals surface area contributed by atoms with Crippen LogP contribution in [0.3, 0.4) is 0 Å². The van der Waals surface area contributed by atoms with Gasteiger partial charge in [-0.3, -0.25) is 9.59 Å². The number of hydrogen-bond acceptors (Lipinski definition) is 6. The van der Waals surface area contributed by atoms with Gasteiger partial charge < -0.3 is 10.2 Å². The standard InChI is InChI=1S/C20H23N3O4S3/c1-14-6-2-3-7-15(14)11-21-17(24)12-23-16-10-19(29-20(16)28-13-18(23)25)30(26,27)22-8-4-5-9-22/h2-3,6-7,10H,4-5,8-9,11-13H2,1H3,(H,21,24). The highest BCUT2D eigenvalue weighted by atomic mass is 32.3. The van der Waals surface area contributed by atoms with E-state index in [9.17, 15) is 18.0 Å². The van der Waals surface area contributed by atoms with Crippen molar-refractivity contribution in [2.75, 3.05) is 30.3 Å². The number of benzene rings is 1. The fraction of sp³-hybridized carbons (Fsp3) is 0.400. The number of nitrogens with zero attached hydrogens (tertiary/aromatic N) is 2. The van der Waals surface area contributed by atoms with Gasteiger partial charge in [0.15, 0.2) is 0 Å². The molecule has 2 amide bonds. The summed E-state index contributed by atoms with van der Waals surface area (Å²) in [7, 11) is -3.55. The van der Waals surface area contributed by atoms with Crippen LogP contribution in [-0.2, 0) is 26.2 Å². The van der Waals surface area contributed by atoms with E-state index in [0.717, 1.165) is 28.2 Å². The lowest BCUT2D eigenvalue weighted by atomic mass is 10.1. The molecular weight excluding hydrogens is 442 g/mol. The molecule has 2 aliphatic rings. The first-order valence-corrected chi connectivity index (χ1v) is 13.0. The molecule has 2 aromatic rings. The summed E-state index contributed by atoms with van der Waals surface area (Å²) in [6.45, 7) is 3.29. The molecule has 1 aromatic carbocycles. The number of sulfonamides is 1. The second kappa shape index (κ2) is 8.70. The molecule has 30 heavy (non-hydrogen) atoms. The topological polar surface area (TPSA) is 86.8 Å². The Morgan fingerprint density at radius 2 is 1.93 bits per heavy atom. The van der Waals surface area contributed by atoms with E-state index in [0.29, 0.717) is 25.3 Å². The molecule has 0 unspecified atom stereocenters. The lowest BCUT2D eigenvalue weighted by molar-refractivity contribution is -0.123. The normalized spacial score (nSPS) is 17.2. The van der Waals surface area contributed by atoms with Crippen LogP contribution in [0.15, 0.2) is 38.8 Å². The Kier molecular flexibility index (Phi) is 6.19. The molecule has 0 spiro atoms. The third-order valence-corrected chi connectivity index (χ3v) is 10.0. The minimum atomic E-state index is -3.55. The summed E-state index contributed by atoms with van der Waals surface area (Å²) < 4.78 is 28.3. The maximum Gasteiger partial charge on any atom is 0.252 e. The fourth-order valence-electron chi connectivity index (χ4n) is 3.53. The van der Waals surface area contributed by atoms with E-state index in [1.54, 1.807) is 6.07 Å². The molecule has 160 valence electrons. The van der Waals surface area contributed by atoms with Gasteiger partial charge in [0.05, 0.1) is 15.6 Å². The van der Waals surface area contributed by atoms with E-state index >= 15 is 0 Å². The lowest BCUT2D eigenvalue weighted by Gasteiger charge is -2.25. The Balaban J connectivity index is 1.50. The Morgan fingerprint density at radius 3 is 2.67 bits per heavy atom. The molecule has 3 heterocycles. The Bertz CT molecular complexity index is 1070. The molecular formula is C20H23N3O4S3. The van der Waals surface area contributed by atoms with Crippen LogP contribution >= 0.6 is 23.1 Å². The molecule has 1 fully saturated rings. The van der Waals surface area contributed by atoms with Crippen LogP contribution in [0, 0.1) is 6.92 Å². The molecule has 1 aromatic heterocycles. The van der Waals surface area contributed by atoms with Crippen molar-refractivity contribution in [2.45, 2.75) is 34.7 Å². The zero-order chi connectivity index (χ0) is 21.3. The highest BCUT2D eigenvalue weighted by molar-refractivity contribution is 8.02. The van der Waals surface area contributed by atoms with E-state index in [1.807, 2.05) is 31.2 Å². The minimum Gasteiger partial charge on any atom is -0.350 e. The monoisotopic (exact) mass is 465 g/mol. The summed E-state index contributed by atoms with van der Waals surface area (Å²) in [6.07, 6.45) is 1.73. The van der Waals surface area contributed by atoms with Crippen molar-refractivity contribution >= 4 is 50.6 Å². The Morgan fingerprint density at radius 1 is 1.20 bits per heavy atom. The highest BCUT2D eigenvalue weighted by Gasteiger charge is 2.34. The first-order valence-electron chi connectivity index (χ1n) is 9.74. The van der Waals surface area contributed by atoms with E-state index < -0.39 is 10.0 Å². The number of anilines is 1. The summed E-state index contributed by atoms with van der Waals surface area (Å²) in [6, 6.07) is 9.33. The molecule has 1 N–H and O–H groups in total. The van der Waals surface area contributed by atoms with Crippen molar-refractivity contribution in [3.05, 3.63) is 41.5 Å². The number of carbonyl (C=O) groups is 2. The van der Waals surface area contributed by atoms with Gasteiger partial charge in [0.25, 0.3) is 10.0 Å². The first kappa shape index (κ1) is 21.4. The first-order chi connectivity index (χ1) is 14.4. The SMILES string of the molecule is Cc1ccccc1CNC(=O)CN1C(=O)CSc2sc(S(=O)(=O)N3CCCC3)cc21. The van der Waals surface area contributed by atoms with Gasteiger partial charge in [0.1, 0.15) is 10.8 Å². The van der Waals surface area contributed by atoms with Crippen LogP contribution in [0.5, 0.6) is 0 Å². The number of rotatable bonds is 6. The maximum atomic E-state index is 12.9. The fourth-order valence-corrected chi connectivity index (χ4v) is 7.97. The van der Waals surface area contributed by atoms with E-state index in [-0.39, 0.29) is 28.3 Å². The van der Waals surface area contributed by atoms with Gasteiger partial charge in [0.2, 0.25) is 11.8 Å². The van der Waals surface area contributed by atoms with Crippen LogP contribution in [0.4, 0.5) is 5.69 Å². The number of carbonyl (C=O) groups excluding carboxylic acids is 2. The molecule has 0 radical (unpaired) electrons. The van der Waals surface area contributed by atoms with Crippen LogP contribution < -0.4 is 10.2 Å². The number of thioether (sulfide) groups is 1. The summed E-state index contributed by atoms with van der Waals surface area (Å²) in [4.78, 5) is 26.4. The molecule has 0 atom stereocenters. The molecule has 10 heteroatoms. The molecule has 4 rings (SSSR count). The Hall–Kier alpha value is -1.88. The summed E-state index contributed by atoms with van der Waals surface area (Å²) in [5.41, 5.74) is 2.62. The highest BCUT2D eigenvalue weighted by Crippen LogP contribution is 2.44. The van der Waals surface area contributed by atoms with Gasteiger partial charge in [0, 0.05) is 19.6 Å². The van der Waals surface area contributed by atoms with Crippen molar-refractivity contribution in [3.63, 3.8) is 0 Å². The summed E-state index contributed by atoms with van der Waals surface area (Å²) in [5, 5.41) is 2.86. The van der Waals surface area contributed by atoms with Gasteiger partial charge in [-0.2, -0.15) is 4.31 Å². The molecule has 2 aliphatic heterocycles. The van der Waals surface area contributed by atoms with Gasteiger partial charge in [-0.1, -0.05) is 24.3 Å². The summed E-state index contributed by atoms with van der Waals surface area (Å²) in [5.74, 6) is -0.275. The minimum absolute atomic E-state index is 0.127.